The van der Waals surface area contributed by atoms with Crippen molar-refractivity contribution in [3.8, 4) is 11.1 Å². The summed E-state index contributed by atoms with van der Waals surface area (Å²) in [5.74, 6) is -0.420. The molecule has 33 heavy (non-hydrogen) atoms. The van der Waals surface area contributed by atoms with Crippen LogP contribution < -0.4 is 29.3 Å². The van der Waals surface area contributed by atoms with Crippen molar-refractivity contribution >= 4 is 17.7 Å². The number of hydrogen-bond donors (Lipinski definition) is 1. The number of nitrogens with one attached hydrogen (secondary N) is 1. The molecule has 0 radical (unpaired) electrons. The van der Waals surface area contributed by atoms with Crippen LogP contribution in [-0.2, 0) is 11.3 Å². The Bertz CT molecular complexity index is 1090. The van der Waals surface area contributed by atoms with Crippen molar-refractivity contribution in [3.63, 3.8) is 0 Å². The molecule has 3 aromatic carbocycles. The quantitative estimate of drug-likeness (QED) is 0.282. The van der Waals surface area contributed by atoms with Gasteiger partial charge in [-0.3, -0.25) is 4.79 Å². The predicted molar refractivity (Wildman–Crippen MR) is 129 cm³/mol. The molecular weight excluding hydrogens is 526 g/mol. The van der Waals surface area contributed by atoms with Crippen LogP contribution in [0, 0.1) is 5.82 Å². The van der Waals surface area contributed by atoms with E-state index in [1.165, 1.54) is 56.1 Å². The molecule has 1 aliphatic heterocycles. The van der Waals surface area contributed by atoms with Crippen LogP contribution in [0.3, 0.4) is 0 Å². The highest BCUT2D eigenvalue weighted by Gasteiger charge is 2.24. The zero-order valence-corrected chi connectivity index (χ0v) is 21.1. The number of nitrogens with zero attached hydrogens (tertiary/aromatic N) is 1. The van der Waals surface area contributed by atoms with E-state index in [1.807, 2.05) is 36.4 Å². The lowest BCUT2D eigenvalue weighted by Gasteiger charge is -2.37. The predicted octanol–water partition coefficient (Wildman–Crippen LogP) is 3.28. The number of piperidine rings is 1. The average Bonchev–Trinajstić information content (AvgIpc) is 2.80. The second-order valence-corrected chi connectivity index (χ2v) is 8.94. The van der Waals surface area contributed by atoms with Gasteiger partial charge in [-0.15, -0.1) is 0 Å². The van der Waals surface area contributed by atoms with Gasteiger partial charge >= 0.3 is 0 Å². The Hall–Kier alpha value is -2.51. The summed E-state index contributed by atoms with van der Waals surface area (Å²) >= 11 is 0. The van der Waals surface area contributed by atoms with Gasteiger partial charge in [0.1, 0.15) is 12.4 Å². The summed E-state index contributed by atoms with van der Waals surface area (Å²) in [5, 5.41) is 2.93. The van der Waals surface area contributed by atoms with Gasteiger partial charge in [-0.1, -0.05) is 42.5 Å². The first-order chi connectivity index (χ1) is 15.5. The molecule has 0 aromatic heterocycles. The summed E-state index contributed by atoms with van der Waals surface area (Å²) in [7, 11) is 2.34. The van der Waals surface area contributed by atoms with E-state index in [0.29, 0.717) is 0 Å². The number of amides is 1. The number of carbonyl (C=O) groups excluding carboxylic acids is 1. The molecule has 1 fully saturated rings. The Labute approximate surface area is 212 Å². The van der Waals surface area contributed by atoms with Crippen LogP contribution in [-0.4, -0.2) is 30.5 Å². The molecule has 1 aliphatic rings. The molecule has 5 heteroatoms. The average molecular weight is 556 g/mol. The first-order valence-electron chi connectivity index (χ1n) is 11.3. The summed E-state index contributed by atoms with van der Waals surface area (Å²) in [4.78, 5) is 12.4. The van der Waals surface area contributed by atoms with Gasteiger partial charge in [0, 0.05) is 17.3 Å². The minimum Gasteiger partial charge on any atom is -1.00 e. The standard InChI is InChI=1S/C28H29FN2O.HI/c1-31(18-3-2-4-19-31)21-23-8-15-27(16-9-23)30-28(32)17-10-22-6-5-7-25(20-22)24-11-13-26(29)14-12-24;/h5-17,20H,2-4,18-19,21H2,1H3;1H/b17-10+;. The van der Waals surface area contributed by atoms with E-state index in [2.05, 4.69) is 24.5 Å². The number of hydrogen-bond acceptors (Lipinski definition) is 1. The fourth-order valence-corrected chi connectivity index (χ4v) is 4.39. The smallest absolute Gasteiger partial charge is 0.248 e. The second-order valence-electron chi connectivity index (χ2n) is 8.94. The third-order valence-corrected chi connectivity index (χ3v) is 6.17. The number of halogens is 2. The van der Waals surface area contributed by atoms with E-state index in [4.69, 9.17) is 0 Å². The van der Waals surface area contributed by atoms with Gasteiger partial charge in [0.2, 0.25) is 5.91 Å². The Morgan fingerprint density at radius 2 is 1.64 bits per heavy atom. The highest BCUT2D eigenvalue weighted by atomic mass is 127. The van der Waals surface area contributed by atoms with E-state index in [1.54, 1.807) is 18.2 Å². The van der Waals surface area contributed by atoms with Crippen molar-refractivity contribution in [2.45, 2.75) is 25.8 Å². The summed E-state index contributed by atoms with van der Waals surface area (Å²) in [6, 6.07) is 22.4. The largest absolute Gasteiger partial charge is 1.00 e. The van der Waals surface area contributed by atoms with Crippen molar-refractivity contribution in [2.24, 2.45) is 0 Å². The van der Waals surface area contributed by atoms with Gasteiger partial charge < -0.3 is 33.8 Å². The maximum Gasteiger partial charge on any atom is 0.248 e. The van der Waals surface area contributed by atoms with Crippen molar-refractivity contribution in [2.75, 3.05) is 25.5 Å². The molecule has 4 rings (SSSR count). The third kappa shape index (κ3) is 7.24. The second kappa shape index (κ2) is 11.6. The third-order valence-electron chi connectivity index (χ3n) is 6.17. The number of likely N-dealkylation sites (tertiary alicyclic amines) is 1. The Kier molecular flexibility index (Phi) is 8.80. The lowest BCUT2D eigenvalue weighted by molar-refractivity contribution is -0.926. The fourth-order valence-electron chi connectivity index (χ4n) is 4.39. The number of rotatable bonds is 6. The molecule has 3 aromatic rings. The molecule has 0 atom stereocenters. The normalized spacial score (nSPS) is 15.1. The first-order valence-corrected chi connectivity index (χ1v) is 11.3. The van der Waals surface area contributed by atoms with E-state index >= 15 is 0 Å². The minimum absolute atomic E-state index is 0. The number of anilines is 1. The molecule has 172 valence electrons. The molecule has 0 spiro atoms. The Morgan fingerprint density at radius 1 is 0.939 bits per heavy atom. The van der Waals surface area contributed by atoms with Crippen LogP contribution in [0.1, 0.15) is 30.4 Å². The molecular formula is C28H30FIN2O. The van der Waals surface area contributed by atoms with Crippen LogP contribution >= 0.6 is 0 Å². The molecule has 1 saturated heterocycles. The minimum atomic E-state index is -0.253. The summed E-state index contributed by atoms with van der Waals surface area (Å²) in [6.45, 7) is 3.52. The highest BCUT2D eigenvalue weighted by Crippen LogP contribution is 2.22. The molecule has 1 heterocycles. The first kappa shape index (κ1) is 25.1. The van der Waals surface area contributed by atoms with Crippen LogP contribution in [0.25, 0.3) is 17.2 Å². The van der Waals surface area contributed by atoms with Gasteiger partial charge in [-0.2, -0.15) is 0 Å². The summed E-state index contributed by atoms with van der Waals surface area (Å²) in [5.41, 5.74) is 4.93. The Morgan fingerprint density at radius 3 is 2.33 bits per heavy atom. The zero-order valence-electron chi connectivity index (χ0n) is 18.9. The van der Waals surface area contributed by atoms with Gasteiger partial charge in [-0.05, 0) is 72.4 Å². The molecule has 1 amide bonds. The highest BCUT2D eigenvalue weighted by molar-refractivity contribution is 6.02. The molecule has 0 saturated carbocycles. The molecule has 0 bridgehead atoms. The van der Waals surface area contributed by atoms with Gasteiger partial charge in [0.25, 0.3) is 0 Å². The van der Waals surface area contributed by atoms with Gasteiger partial charge in [0.15, 0.2) is 0 Å². The van der Waals surface area contributed by atoms with Crippen molar-refractivity contribution in [1.82, 2.24) is 0 Å². The number of carbonyl (C=O) groups is 1. The fraction of sp³-hybridized carbons (Fsp3) is 0.250. The topological polar surface area (TPSA) is 29.1 Å². The van der Waals surface area contributed by atoms with Crippen molar-refractivity contribution in [3.05, 3.63) is 95.8 Å². The van der Waals surface area contributed by atoms with Crippen LogP contribution in [0.15, 0.2) is 78.9 Å². The van der Waals surface area contributed by atoms with Crippen LogP contribution in [0.4, 0.5) is 10.1 Å². The zero-order chi connectivity index (χ0) is 22.4. The van der Waals surface area contributed by atoms with Crippen LogP contribution in [0.5, 0.6) is 0 Å². The summed E-state index contributed by atoms with van der Waals surface area (Å²) in [6.07, 6.45) is 7.30. The van der Waals surface area contributed by atoms with Gasteiger partial charge in [0.05, 0.1) is 20.1 Å². The summed E-state index contributed by atoms with van der Waals surface area (Å²) < 4.78 is 14.3. The molecule has 1 N–H and O–H groups in total. The molecule has 0 unspecified atom stereocenters. The van der Waals surface area contributed by atoms with Crippen molar-refractivity contribution < 1.29 is 37.6 Å². The number of benzene rings is 3. The maximum absolute atomic E-state index is 13.2. The van der Waals surface area contributed by atoms with Crippen molar-refractivity contribution in [1.29, 1.82) is 0 Å². The van der Waals surface area contributed by atoms with E-state index in [-0.39, 0.29) is 35.7 Å². The monoisotopic (exact) mass is 556 g/mol. The lowest BCUT2D eigenvalue weighted by Crippen LogP contribution is -3.00. The molecule has 0 aliphatic carbocycles. The maximum atomic E-state index is 13.2. The van der Waals surface area contributed by atoms with Crippen LogP contribution in [0.2, 0.25) is 0 Å². The lowest BCUT2D eigenvalue weighted by atomic mass is 10.0. The Balaban J connectivity index is 0.00000306. The SMILES string of the molecule is C[N+]1(Cc2ccc(NC(=O)/C=C/c3cccc(-c4ccc(F)cc4)c3)cc2)CCCCC1.[I-]. The van der Waals surface area contributed by atoms with E-state index < -0.39 is 0 Å². The van der Waals surface area contributed by atoms with Gasteiger partial charge in [-0.25, -0.2) is 4.39 Å². The number of quaternary nitrogens is 1. The molecule has 3 nitrogen and oxygen atoms in total. The van der Waals surface area contributed by atoms with E-state index in [9.17, 15) is 9.18 Å². The van der Waals surface area contributed by atoms with E-state index in [0.717, 1.165) is 33.4 Å².